The molecule has 6 nitrogen and oxygen atoms in total. The molecule has 106 valence electrons. The van der Waals surface area contributed by atoms with Crippen molar-refractivity contribution in [3.05, 3.63) is 22.7 Å². The zero-order valence-corrected chi connectivity index (χ0v) is 11.7. The van der Waals surface area contributed by atoms with E-state index < -0.39 is 6.03 Å². The smallest absolute Gasteiger partial charge is 0.312 e. The number of carbonyl (C=O) groups is 1. The van der Waals surface area contributed by atoms with E-state index in [9.17, 15) is 4.79 Å². The van der Waals surface area contributed by atoms with E-state index in [1.807, 2.05) is 6.07 Å². The van der Waals surface area contributed by atoms with Gasteiger partial charge in [-0.3, -0.25) is 0 Å². The molecule has 2 amide bonds. The lowest BCUT2D eigenvalue weighted by atomic mass is 10.2. The summed E-state index contributed by atoms with van der Waals surface area (Å²) < 4.78 is 10.4. The quantitative estimate of drug-likeness (QED) is 0.656. The summed E-state index contributed by atoms with van der Waals surface area (Å²) in [5.41, 5.74) is 5.84. The number of carbonyl (C=O) groups excluding carboxylic acids is 1. The molecule has 0 bridgehead atoms. The van der Waals surface area contributed by atoms with Gasteiger partial charge in [-0.05, 0) is 11.6 Å². The minimum Gasteiger partial charge on any atom is -0.493 e. The summed E-state index contributed by atoms with van der Waals surface area (Å²) in [7, 11) is 3.10. The maximum Gasteiger partial charge on any atom is 0.312 e. The predicted octanol–water partition coefficient (Wildman–Crippen LogP) is 1.12. The van der Waals surface area contributed by atoms with E-state index in [0.717, 1.165) is 5.56 Å². The number of hydrogen-bond donors (Lipinski definition) is 3. The van der Waals surface area contributed by atoms with Crippen molar-refractivity contribution in [3.63, 3.8) is 0 Å². The Labute approximate surface area is 117 Å². The van der Waals surface area contributed by atoms with Crippen LogP contribution in [0.5, 0.6) is 11.5 Å². The fraction of sp³-hybridized carbons (Fsp3) is 0.417. The number of urea groups is 1. The third-order valence-corrected chi connectivity index (χ3v) is 2.90. The molecular formula is C12H18ClN3O3. The van der Waals surface area contributed by atoms with Gasteiger partial charge in [-0.2, -0.15) is 0 Å². The average molecular weight is 288 g/mol. The molecule has 0 spiro atoms. The van der Waals surface area contributed by atoms with Gasteiger partial charge in [-0.1, -0.05) is 17.7 Å². The minimum absolute atomic E-state index is 0.459. The maximum absolute atomic E-state index is 10.5. The molecule has 19 heavy (non-hydrogen) atoms. The number of benzene rings is 1. The van der Waals surface area contributed by atoms with Crippen LogP contribution in [0.15, 0.2) is 12.1 Å². The van der Waals surface area contributed by atoms with Gasteiger partial charge in [0.25, 0.3) is 0 Å². The van der Waals surface area contributed by atoms with Crippen LogP contribution in [0, 0.1) is 0 Å². The summed E-state index contributed by atoms with van der Waals surface area (Å²) in [6, 6.07) is 3.12. The van der Waals surface area contributed by atoms with Crippen LogP contribution in [0.25, 0.3) is 0 Å². The number of hydrogen-bond acceptors (Lipinski definition) is 4. The first-order valence-electron chi connectivity index (χ1n) is 5.73. The Morgan fingerprint density at radius 3 is 2.63 bits per heavy atom. The highest BCUT2D eigenvalue weighted by Crippen LogP contribution is 2.37. The molecule has 0 aliphatic carbocycles. The van der Waals surface area contributed by atoms with Crippen LogP contribution < -0.4 is 25.8 Å². The van der Waals surface area contributed by atoms with Crippen molar-refractivity contribution in [1.29, 1.82) is 0 Å². The number of rotatable bonds is 7. The molecule has 1 aromatic carbocycles. The molecule has 0 atom stereocenters. The molecule has 7 heteroatoms. The molecule has 1 rings (SSSR count). The highest BCUT2D eigenvalue weighted by Gasteiger charge is 2.12. The van der Waals surface area contributed by atoms with Gasteiger partial charge < -0.3 is 25.8 Å². The normalized spacial score (nSPS) is 10.1. The summed E-state index contributed by atoms with van der Waals surface area (Å²) in [5.74, 6) is 1.10. The molecule has 0 saturated carbocycles. The largest absolute Gasteiger partial charge is 0.493 e. The Kier molecular flexibility index (Phi) is 6.24. The van der Waals surface area contributed by atoms with E-state index in [0.29, 0.717) is 36.2 Å². The van der Waals surface area contributed by atoms with E-state index >= 15 is 0 Å². The van der Waals surface area contributed by atoms with Crippen molar-refractivity contribution in [2.24, 2.45) is 5.73 Å². The zero-order chi connectivity index (χ0) is 14.3. The molecule has 0 fully saturated rings. The number of nitrogens with two attached hydrogens (primary N) is 1. The van der Waals surface area contributed by atoms with Gasteiger partial charge in [0.2, 0.25) is 0 Å². The summed E-state index contributed by atoms with van der Waals surface area (Å²) >= 11 is 6.22. The first-order valence-corrected chi connectivity index (χ1v) is 6.11. The topological polar surface area (TPSA) is 85.6 Å². The van der Waals surface area contributed by atoms with Crippen LogP contribution in [-0.4, -0.2) is 33.3 Å². The molecule has 0 aliphatic rings. The van der Waals surface area contributed by atoms with Crippen molar-refractivity contribution in [2.45, 2.75) is 6.54 Å². The number of ether oxygens (including phenoxy) is 2. The van der Waals surface area contributed by atoms with E-state index in [1.165, 1.54) is 7.11 Å². The van der Waals surface area contributed by atoms with Crippen LogP contribution in [0.2, 0.25) is 5.02 Å². The van der Waals surface area contributed by atoms with Gasteiger partial charge in [-0.15, -0.1) is 0 Å². The fourth-order valence-corrected chi connectivity index (χ4v) is 1.86. The van der Waals surface area contributed by atoms with Crippen molar-refractivity contribution in [2.75, 3.05) is 27.3 Å². The lowest BCUT2D eigenvalue weighted by molar-refractivity contribution is 0.249. The lowest BCUT2D eigenvalue weighted by Gasteiger charge is -2.13. The Hall–Kier alpha value is -1.66. The van der Waals surface area contributed by atoms with Crippen molar-refractivity contribution in [3.8, 4) is 11.5 Å². The molecule has 0 heterocycles. The monoisotopic (exact) mass is 287 g/mol. The molecule has 0 saturated heterocycles. The van der Waals surface area contributed by atoms with E-state index in [1.54, 1.807) is 13.2 Å². The molecule has 1 aromatic rings. The van der Waals surface area contributed by atoms with Crippen molar-refractivity contribution < 1.29 is 14.3 Å². The predicted molar refractivity (Wildman–Crippen MR) is 73.8 cm³/mol. The first-order chi connectivity index (χ1) is 9.10. The van der Waals surface area contributed by atoms with E-state index in [4.69, 9.17) is 26.8 Å². The van der Waals surface area contributed by atoms with Crippen LogP contribution in [0.4, 0.5) is 4.79 Å². The summed E-state index contributed by atoms with van der Waals surface area (Å²) in [6.07, 6.45) is 0. The molecule has 0 radical (unpaired) electrons. The third kappa shape index (κ3) is 4.50. The van der Waals surface area contributed by atoms with Gasteiger partial charge in [0.1, 0.15) is 0 Å². The molecule has 0 aliphatic heterocycles. The maximum atomic E-state index is 10.5. The zero-order valence-electron chi connectivity index (χ0n) is 11.0. The average Bonchev–Trinajstić information content (AvgIpc) is 2.39. The SMILES string of the molecule is COc1ccc(CNCCNC(N)=O)c(Cl)c1OC. The standard InChI is InChI=1S/C12H18ClN3O3/c1-18-9-4-3-8(10(13)11(9)19-2)7-15-5-6-16-12(14)17/h3-4,15H,5-7H2,1-2H3,(H3,14,16,17). The van der Waals surface area contributed by atoms with Crippen LogP contribution in [0.1, 0.15) is 5.56 Å². The highest BCUT2D eigenvalue weighted by atomic mass is 35.5. The number of methoxy groups -OCH3 is 2. The summed E-state index contributed by atoms with van der Waals surface area (Å²) in [5, 5.41) is 6.13. The second-order valence-electron chi connectivity index (χ2n) is 3.74. The summed E-state index contributed by atoms with van der Waals surface area (Å²) in [6.45, 7) is 1.60. The number of amides is 2. The Morgan fingerprint density at radius 1 is 1.32 bits per heavy atom. The van der Waals surface area contributed by atoms with E-state index in [-0.39, 0.29) is 0 Å². The van der Waals surface area contributed by atoms with Gasteiger partial charge in [-0.25, -0.2) is 4.79 Å². The van der Waals surface area contributed by atoms with Gasteiger partial charge in [0.15, 0.2) is 11.5 Å². The van der Waals surface area contributed by atoms with Crippen LogP contribution in [-0.2, 0) is 6.54 Å². The first kappa shape index (κ1) is 15.4. The molecule has 4 N–H and O–H groups in total. The van der Waals surface area contributed by atoms with Crippen LogP contribution >= 0.6 is 11.6 Å². The Balaban J connectivity index is 2.57. The molecule has 0 unspecified atom stereocenters. The summed E-state index contributed by atoms with van der Waals surface area (Å²) in [4.78, 5) is 10.5. The minimum atomic E-state index is -0.536. The van der Waals surface area contributed by atoms with Crippen molar-refractivity contribution >= 4 is 17.6 Å². The molecular weight excluding hydrogens is 270 g/mol. The Morgan fingerprint density at radius 2 is 2.05 bits per heavy atom. The fourth-order valence-electron chi connectivity index (χ4n) is 1.56. The second kappa shape index (κ2) is 7.70. The lowest BCUT2D eigenvalue weighted by Crippen LogP contribution is -2.35. The van der Waals surface area contributed by atoms with Gasteiger partial charge in [0.05, 0.1) is 19.2 Å². The number of nitrogens with one attached hydrogen (secondary N) is 2. The third-order valence-electron chi connectivity index (χ3n) is 2.48. The molecule has 0 aromatic heterocycles. The number of primary amides is 1. The van der Waals surface area contributed by atoms with Gasteiger partial charge in [0, 0.05) is 19.6 Å². The van der Waals surface area contributed by atoms with Crippen molar-refractivity contribution in [1.82, 2.24) is 10.6 Å². The van der Waals surface area contributed by atoms with E-state index in [2.05, 4.69) is 10.6 Å². The second-order valence-corrected chi connectivity index (χ2v) is 4.12. The van der Waals surface area contributed by atoms with Gasteiger partial charge >= 0.3 is 6.03 Å². The van der Waals surface area contributed by atoms with Crippen LogP contribution in [0.3, 0.4) is 0 Å². The number of halogens is 1. The Bertz CT molecular complexity index is 440. The highest BCUT2D eigenvalue weighted by molar-refractivity contribution is 6.33.